The molecule has 2 unspecified atom stereocenters. The molecule has 0 amide bonds. The van der Waals surface area contributed by atoms with Crippen molar-refractivity contribution >= 4 is 57.5 Å². The van der Waals surface area contributed by atoms with Gasteiger partial charge in [0, 0.05) is 0 Å². The van der Waals surface area contributed by atoms with E-state index >= 15 is 0 Å². The van der Waals surface area contributed by atoms with Crippen LogP contribution in [0, 0.1) is 0 Å². The number of aromatic nitrogens is 4. The number of hydrogen-bond donors (Lipinski definition) is 0. The number of ether oxygens (including phenoxy) is 2. The lowest BCUT2D eigenvalue weighted by Crippen LogP contribution is -2.29. The van der Waals surface area contributed by atoms with E-state index in [0.29, 0.717) is 22.2 Å². The Kier molecular flexibility index (Phi) is 5.96. The predicted molar refractivity (Wildman–Crippen MR) is 114 cm³/mol. The van der Waals surface area contributed by atoms with E-state index in [1.165, 1.54) is 0 Å². The number of rotatable bonds is 7. The summed E-state index contributed by atoms with van der Waals surface area (Å²) in [4.78, 5) is 26.1. The highest BCUT2D eigenvalue weighted by Gasteiger charge is 2.39. The lowest BCUT2D eigenvalue weighted by molar-refractivity contribution is -0.153. The van der Waals surface area contributed by atoms with Crippen LogP contribution in [-0.2, 0) is 19.1 Å². The molecule has 0 fully saturated rings. The molecular formula is C20H18N4O4S2. The highest BCUT2D eigenvalue weighted by Crippen LogP contribution is 2.37. The van der Waals surface area contributed by atoms with Gasteiger partial charge in [-0.1, -0.05) is 12.1 Å². The molecule has 0 bridgehead atoms. The molecule has 154 valence electrons. The molecule has 0 aliphatic heterocycles. The molecule has 4 rings (SSSR count). The zero-order valence-corrected chi connectivity index (χ0v) is 17.9. The van der Waals surface area contributed by atoms with E-state index in [-0.39, 0.29) is 13.2 Å². The maximum absolute atomic E-state index is 13.1. The number of esters is 2. The molecule has 0 radical (unpaired) electrons. The second-order valence-electron chi connectivity index (χ2n) is 6.48. The minimum atomic E-state index is -0.904. The first kappa shape index (κ1) is 20.3. The number of fused-ring (bicyclic) bond motifs is 2. The summed E-state index contributed by atoms with van der Waals surface area (Å²) in [6, 6.07) is 10.7. The summed E-state index contributed by atoms with van der Waals surface area (Å²) in [5.41, 5.74) is 4.01. The van der Waals surface area contributed by atoms with Crippen LogP contribution < -0.4 is 0 Å². The van der Waals surface area contributed by atoms with E-state index in [1.807, 2.05) is 0 Å². The summed E-state index contributed by atoms with van der Waals surface area (Å²) in [6.45, 7) is 3.85. The number of benzene rings is 2. The Bertz CT molecular complexity index is 1110. The monoisotopic (exact) mass is 442 g/mol. The van der Waals surface area contributed by atoms with Crippen molar-refractivity contribution in [3.8, 4) is 0 Å². The van der Waals surface area contributed by atoms with Crippen LogP contribution in [0.5, 0.6) is 0 Å². The number of nitrogens with zero attached hydrogens (tertiary/aromatic N) is 4. The average molecular weight is 443 g/mol. The Morgan fingerprint density at radius 1 is 0.733 bits per heavy atom. The number of carbonyl (C=O) groups excluding carboxylic acids is 2. The maximum Gasteiger partial charge on any atom is 0.314 e. The normalized spacial score (nSPS) is 13.3. The van der Waals surface area contributed by atoms with E-state index < -0.39 is 23.8 Å². The van der Waals surface area contributed by atoms with Gasteiger partial charge in [0.2, 0.25) is 0 Å². The first-order valence-electron chi connectivity index (χ1n) is 9.40. The number of carbonyl (C=O) groups is 2. The Morgan fingerprint density at radius 2 is 1.13 bits per heavy atom. The van der Waals surface area contributed by atoms with Gasteiger partial charge in [0.1, 0.15) is 22.1 Å². The van der Waals surface area contributed by atoms with Gasteiger partial charge in [-0.15, -0.1) is 0 Å². The summed E-state index contributed by atoms with van der Waals surface area (Å²) < 4.78 is 27.6. The van der Waals surface area contributed by atoms with Crippen molar-refractivity contribution in [1.29, 1.82) is 0 Å². The van der Waals surface area contributed by atoms with Gasteiger partial charge in [-0.3, -0.25) is 9.59 Å². The van der Waals surface area contributed by atoms with Gasteiger partial charge in [-0.2, -0.15) is 17.5 Å². The van der Waals surface area contributed by atoms with Gasteiger partial charge in [-0.25, -0.2) is 0 Å². The Morgan fingerprint density at radius 3 is 1.53 bits per heavy atom. The first-order chi connectivity index (χ1) is 14.6. The van der Waals surface area contributed by atoms with Gasteiger partial charge in [0.25, 0.3) is 0 Å². The Balaban J connectivity index is 1.87. The zero-order chi connectivity index (χ0) is 21.1. The van der Waals surface area contributed by atoms with Crippen molar-refractivity contribution in [1.82, 2.24) is 17.5 Å². The average Bonchev–Trinajstić information content (AvgIpc) is 3.40. The lowest BCUT2D eigenvalue weighted by Gasteiger charge is -2.25. The highest BCUT2D eigenvalue weighted by molar-refractivity contribution is 7.00. The third kappa shape index (κ3) is 3.88. The lowest BCUT2D eigenvalue weighted by atomic mass is 9.81. The maximum atomic E-state index is 13.1. The van der Waals surface area contributed by atoms with E-state index in [9.17, 15) is 9.59 Å². The summed E-state index contributed by atoms with van der Waals surface area (Å²) >= 11 is 2.18. The standard InChI is InChI=1S/C20H18N4O4S2/c1-3-27-19(25)17(11-5-7-13-15(9-11)23-29-21-13)18(20(26)28-4-2)12-6-8-14-16(10-12)24-30-22-14/h5-10,17-18H,3-4H2,1-2H3. The zero-order valence-electron chi connectivity index (χ0n) is 16.3. The van der Waals surface area contributed by atoms with Crippen molar-refractivity contribution in [3.63, 3.8) is 0 Å². The fraction of sp³-hybridized carbons (Fsp3) is 0.300. The largest absolute Gasteiger partial charge is 0.465 e. The van der Waals surface area contributed by atoms with Crippen LogP contribution in [-0.4, -0.2) is 42.6 Å². The molecule has 2 heterocycles. The van der Waals surface area contributed by atoms with Crippen LogP contribution in [0.25, 0.3) is 22.1 Å². The fourth-order valence-electron chi connectivity index (χ4n) is 3.38. The molecule has 0 saturated heterocycles. The first-order valence-corrected chi connectivity index (χ1v) is 10.9. The smallest absolute Gasteiger partial charge is 0.314 e. The third-order valence-corrected chi connectivity index (χ3v) is 5.80. The molecule has 0 aliphatic carbocycles. The second-order valence-corrected chi connectivity index (χ2v) is 7.54. The van der Waals surface area contributed by atoms with Gasteiger partial charge in [0.15, 0.2) is 0 Å². The fourth-order valence-corrected chi connectivity index (χ4v) is 4.41. The van der Waals surface area contributed by atoms with Crippen LogP contribution in [0.3, 0.4) is 0 Å². The molecule has 30 heavy (non-hydrogen) atoms. The van der Waals surface area contributed by atoms with Crippen molar-refractivity contribution < 1.29 is 19.1 Å². The number of hydrogen-bond acceptors (Lipinski definition) is 10. The molecule has 8 nitrogen and oxygen atoms in total. The molecule has 0 spiro atoms. The van der Waals surface area contributed by atoms with Crippen molar-refractivity contribution in [2.45, 2.75) is 25.7 Å². The second kappa shape index (κ2) is 8.80. The third-order valence-electron chi connectivity index (χ3n) is 4.69. The highest BCUT2D eigenvalue weighted by atomic mass is 32.1. The van der Waals surface area contributed by atoms with Crippen LogP contribution in [0.2, 0.25) is 0 Å². The summed E-state index contributed by atoms with van der Waals surface area (Å²) in [6.07, 6.45) is 0. The minimum absolute atomic E-state index is 0.195. The summed E-state index contributed by atoms with van der Waals surface area (Å²) in [5.74, 6) is -2.82. The van der Waals surface area contributed by atoms with Crippen molar-refractivity contribution in [3.05, 3.63) is 47.5 Å². The van der Waals surface area contributed by atoms with Crippen molar-refractivity contribution in [2.75, 3.05) is 13.2 Å². The molecule has 0 aliphatic rings. The van der Waals surface area contributed by atoms with Crippen LogP contribution in [0.1, 0.15) is 36.8 Å². The van der Waals surface area contributed by atoms with E-state index in [0.717, 1.165) is 34.5 Å². The Hall–Kier alpha value is -2.98. The van der Waals surface area contributed by atoms with Crippen LogP contribution >= 0.6 is 23.5 Å². The summed E-state index contributed by atoms with van der Waals surface area (Å²) in [7, 11) is 0. The van der Waals surface area contributed by atoms with Gasteiger partial charge >= 0.3 is 11.9 Å². The van der Waals surface area contributed by atoms with Crippen LogP contribution in [0.4, 0.5) is 0 Å². The van der Waals surface area contributed by atoms with Crippen LogP contribution in [0.15, 0.2) is 36.4 Å². The van der Waals surface area contributed by atoms with Crippen molar-refractivity contribution in [2.24, 2.45) is 0 Å². The summed E-state index contributed by atoms with van der Waals surface area (Å²) in [5, 5.41) is 0. The molecular weight excluding hydrogens is 424 g/mol. The van der Waals surface area contributed by atoms with E-state index in [4.69, 9.17) is 9.47 Å². The molecule has 0 saturated carbocycles. The predicted octanol–water partition coefficient (Wildman–Crippen LogP) is 3.69. The quantitative estimate of drug-likeness (QED) is 0.399. The molecule has 0 N–H and O–H groups in total. The molecule has 2 atom stereocenters. The van der Waals surface area contributed by atoms with Gasteiger partial charge < -0.3 is 9.47 Å². The van der Waals surface area contributed by atoms with Gasteiger partial charge in [0.05, 0.1) is 48.5 Å². The molecule has 4 aromatic rings. The van der Waals surface area contributed by atoms with E-state index in [2.05, 4.69) is 17.5 Å². The Labute approximate surface area is 180 Å². The minimum Gasteiger partial charge on any atom is -0.465 e. The molecule has 2 aromatic carbocycles. The van der Waals surface area contributed by atoms with Gasteiger partial charge in [-0.05, 0) is 49.2 Å². The SMILES string of the molecule is CCOC(=O)C(c1ccc2nsnc2c1)C(C(=O)OCC)c1ccc2nsnc2c1. The topological polar surface area (TPSA) is 104 Å². The molecule has 10 heteroatoms. The molecule has 2 aromatic heterocycles. The van der Waals surface area contributed by atoms with E-state index in [1.54, 1.807) is 50.2 Å².